The molecule has 1 saturated heterocycles. The molecular formula is C55H53BrO6. The molecule has 0 aromatic heterocycles. The number of rotatable bonds is 19. The zero-order valence-electron chi connectivity index (χ0n) is 35.1. The van der Waals surface area contributed by atoms with Crippen molar-refractivity contribution in [2.24, 2.45) is 0 Å². The highest BCUT2D eigenvalue weighted by molar-refractivity contribution is 9.10. The second kappa shape index (κ2) is 22.1. The molecule has 0 aliphatic carbocycles. The summed E-state index contributed by atoms with van der Waals surface area (Å²) in [6.07, 6.45) is -2.20. The number of ether oxygens (including phenoxy) is 6. The molecule has 0 spiro atoms. The molecule has 5 atom stereocenters. The van der Waals surface area contributed by atoms with Gasteiger partial charge in [0.2, 0.25) is 0 Å². The van der Waals surface area contributed by atoms with Crippen LogP contribution in [0.25, 0.3) is 0 Å². The molecule has 1 aliphatic heterocycles. The lowest BCUT2D eigenvalue weighted by atomic mass is 9.87. The van der Waals surface area contributed by atoms with Gasteiger partial charge in [0.1, 0.15) is 42.9 Å². The molecule has 1 fully saturated rings. The number of benzene rings is 7. The summed E-state index contributed by atoms with van der Waals surface area (Å²) in [5.74, 6) is 0.735. The Morgan fingerprint density at radius 3 is 1.44 bits per heavy atom. The molecule has 8 rings (SSSR count). The van der Waals surface area contributed by atoms with Crippen LogP contribution in [-0.4, -0.2) is 31.0 Å². The van der Waals surface area contributed by atoms with E-state index in [-0.39, 0.29) is 6.61 Å². The van der Waals surface area contributed by atoms with Gasteiger partial charge in [0, 0.05) is 10.0 Å². The molecule has 1 heterocycles. The highest BCUT2D eigenvalue weighted by Crippen LogP contribution is 2.43. The lowest BCUT2D eigenvalue weighted by Gasteiger charge is -2.46. The molecule has 7 aromatic carbocycles. The van der Waals surface area contributed by atoms with E-state index in [0.29, 0.717) is 33.0 Å². The summed E-state index contributed by atoms with van der Waals surface area (Å²) in [4.78, 5) is 0. The largest absolute Gasteiger partial charge is 0.489 e. The minimum Gasteiger partial charge on any atom is -0.489 e. The van der Waals surface area contributed by atoms with E-state index in [1.807, 2.05) is 91.0 Å². The smallest absolute Gasteiger partial charge is 0.126 e. The maximum atomic E-state index is 7.41. The van der Waals surface area contributed by atoms with Gasteiger partial charge in [0.05, 0.1) is 33.0 Å². The van der Waals surface area contributed by atoms with Gasteiger partial charge >= 0.3 is 0 Å². The van der Waals surface area contributed by atoms with Crippen LogP contribution in [0.3, 0.4) is 0 Å². The van der Waals surface area contributed by atoms with Crippen LogP contribution in [0.4, 0.5) is 0 Å². The monoisotopic (exact) mass is 888 g/mol. The Bertz CT molecular complexity index is 2380. The van der Waals surface area contributed by atoms with Crippen LogP contribution in [-0.2, 0) is 63.1 Å². The SMILES string of the molecule is Cc1cc(OCc2ccccc2)c([C@@H]2O[C@H](COCc3ccccc3)[C@H](OCc3ccccc3)[C@H](OCc3ccccc3)[C@H]2OCc2ccccc2)cc1Cc1ccc(Br)cc1. The molecule has 0 saturated carbocycles. The van der Waals surface area contributed by atoms with Crippen LogP contribution >= 0.6 is 15.9 Å². The van der Waals surface area contributed by atoms with Crippen LogP contribution in [0.2, 0.25) is 0 Å². The summed E-state index contributed by atoms with van der Waals surface area (Å²) in [7, 11) is 0. The first-order chi connectivity index (χ1) is 30.6. The van der Waals surface area contributed by atoms with Crippen LogP contribution in [0.5, 0.6) is 5.75 Å². The number of hydrogen-bond acceptors (Lipinski definition) is 6. The summed E-state index contributed by atoms with van der Waals surface area (Å²) in [5.41, 5.74) is 9.68. The third kappa shape index (κ3) is 12.0. The van der Waals surface area contributed by atoms with Crippen molar-refractivity contribution >= 4 is 15.9 Å². The van der Waals surface area contributed by atoms with Crippen LogP contribution in [0.15, 0.2) is 193 Å². The van der Waals surface area contributed by atoms with Crippen molar-refractivity contribution in [2.45, 2.75) is 76.9 Å². The van der Waals surface area contributed by atoms with E-state index in [9.17, 15) is 0 Å². The second-order valence-corrected chi connectivity index (χ2v) is 16.7. The topological polar surface area (TPSA) is 55.4 Å². The average molecular weight is 890 g/mol. The van der Waals surface area contributed by atoms with Crippen molar-refractivity contribution < 1.29 is 28.4 Å². The molecule has 316 valence electrons. The normalized spacial score (nSPS) is 18.6. The van der Waals surface area contributed by atoms with Crippen molar-refractivity contribution in [1.29, 1.82) is 0 Å². The molecule has 0 radical (unpaired) electrons. The van der Waals surface area contributed by atoms with E-state index in [1.54, 1.807) is 0 Å². The van der Waals surface area contributed by atoms with Crippen LogP contribution in [0, 0.1) is 6.92 Å². The quantitative estimate of drug-likeness (QED) is 0.0806. The van der Waals surface area contributed by atoms with Crippen LogP contribution < -0.4 is 4.74 Å². The standard InChI is InChI=1S/C55H53BrO6/c1-40-31-50(58-35-43-19-9-3-10-20-43)49(33-47(40)32-41-27-29-48(56)30-28-41)52-54(60-37-45-23-13-5-14-24-45)55(61-38-46-25-15-6-16-26-46)53(59-36-44-21-11-4-12-22-44)51(62-52)39-57-34-42-17-7-2-8-18-42/h2-31,33,51-55H,32,34-39H2,1H3/t51-,52+,53+,54+,55+/m1/s1. The minimum atomic E-state index is -0.628. The summed E-state index contributed by atoms with van der Waals surface area (Å²) in [6.45, 7) is 4.28. The molecule has 0 unspecified atom stereocenters. The predicted molar refractivity (Wildman–Crippen MR) is 248 cm³/mol. The van der Waals surface area contributed by atoms with Gasteiger partial charge in [0.25, 0.3) is 0 Å². The number of hydrogen-bond donors (Lipinski definition) is 0. The lowest BCUT2D eigenvalue weighted by Crippen LogP contribution is -2.58. The van der Waals surface area contributed by atoms with E-state index in [2.05, 4.69) is 120 Å². The van der Waals surface area contributed by atoms with E-state index in [4.69, 9.17) is 28.4 Å². The van der Waals surface area contributed by atoms with E-state index in [0.717, 1.165) is 55.6 Å². The Morgan fingerprint density at radius 2 is 0.919 bits per heavy atom. The Kier molecular flexibility index (Phi) is 15.4. The number of aryl methyl sites for hydroxylation is 1. The zero-order valence-corrected chi connectivity index (χ0v) is 36.6. The Hall–Kier alpha value is -5.38. The molecule has 1 aliphatic rings. The van der Waals surface area contributed by atoms with Gasteiger partial charge in [-0.25, -0.2) is 0 Å². The Labute approximate surface area is 374 Å². The van der Waals surface area contributed by atoms with E-state index >= 15 is 0 Å². The molecule has 7 aromatic rings. The molecule has 0 N–H and O–H groups in total. The van der Waals surface area contributed by atoms with Crippen molar-refractivity contribution in [2.75, 3.05) is 6.61 Å². The van der Waals surface area contributed by atoms with Crippen molar-refractivity contribution in [3.63, 3.8) is 0 Å². The fourth-order valence-corrected chi connectivity index (χ4v) is 8.14. The predicted octanol–water partition coefficient (Wildman–Crippen LogP) is 12.3. The van der Waals surface area contributed by atoms with Crippen molar-refractivity contribution in [3.05, 3.63) is 243 Å². The highest BCUT2D eigenvalue weighted by atomic mass is 79.9. The first-order valence-electron chi connectivity index (χ1n) is 21.3. The average Bonchev–Trinajstić information content (AvgIpc) is 3.32. The van der Waals surface area contributed by atoms with Gasteiger partial charge < -0.3 is 28.4 Å². The van der Waals surface area contributed by atoms with Gasteiger partial charge in [-0.05, 0) is 82.1 Å². The molecule has 6 nitrogen and oxygen atoms in total. The van der Waals surface area contributed by atoms with Crippen LogP contribution in [0.1, 0.15) is 56.2 Å². The van der Waals surface area contributed by atoms with Crippen molar-refractivity contribution in [3.8, 4) is 5.75 Å². The fourth-order valence-electron chi connectivity index (χ4n) is 7.88. The first kappa shape index (κ1) is 43.3. The maximum Gasteiger partial charge on any atom is 0.126 e. The molecule has 7 heteroatoms. The van der Waals surface area contributed by atoms with E-state index in [1.165, 1.54) is 11.1 Å². The first-order valence-corrected chi connectivity index (χ1v) is 22.1. The minimum absolute atomic E-state index is 0.263. The fraction of sp³-hybridized carbons (Fsp3) is 0.236. The third-order valence-electron chi connectivity index (χ3n) is 11.2. The Morgan fingerprint density at radius 1 is 0.468 bits per heavy atom. The van der Waals surface area contributed by atoms with Gasteiger partial charge in [-0.1, -0.05) is 180 Å². The second-order valence-electron chi connectivity index (χ2n) is 15.8. The summed E-state index contributed by atoms with van der Waals surface area (Å²) < 4.78 is 43.0. The van der Waals surface area contributed by atoms with Crippen molar-refractivity contribution in [1.82, 2.24) is 0 Å². The Balaban J connectivity index is 1.23. The zero-order chi connectivity index (χ0) is 42.4. The highest BCUT2D eigenvalue weighted by Gasteiger charge is 2.50. The summed E-state index contributed by atoms with van der Waals surface area (Å²) in [5, 5.41) is 0. The molecule has 0 amide bonds. The van der Waals surface area contributed by atoms with E-state index < -0.39 is 30.5 Å². The summed E-state index contributed by atoms with van der Waals surface area (Å²) >= 11 is 3.61. The summed E-state index contributed by atoms with van der Waals surface area (Å²) in [6, 6.07) is 64.1. The number of halogens is 1. The van der Waals surface area contributed by atoms with Gasteiger partial charge in [-0.2, -0.15) is 0 Å². The maximum absolute atomic E-state index is 7.41. The molecule has 0 bridgehead atoms. The third-order valence-corrected chi connectivity index (χ3v) is 11.7. The van der Waals surface area contributed by atoms with Gasteiger partial charge in [0.15, 0.2) is 0 Å². The van der Waals surface area contributed by atoms with Gasteiger partial charge in [-0.3, -0.25) is 0 Å². The molecule has 62 heavy (non-hydrogen) atoms. The lowest BCUT2D eigenvalue weighted by molar-refractivity contribution is -0.275. The van der Waals surface area contributed by atoms with Gasteiger partial charge in [-0.15, -0.1) is 0 Å². The molecular weight excluding hydrogens is 837 g/mol.